The first-order valence-corrected chi connectivity index (χ1v) is 15.6. The van der Waals surface area contributed by atoms with E-state index in [1.165, 1.54) is 29.7 Å². The molecular weight excluding hydrogens is 594 g/mol. The quantitative estimate of drug-likeness (QED) is 0.273. The van der Waals surface area contributed by atoms with E-state index < -0.39 is 36.3 Å². The summed E-state index contributed by atoms with van der Waals surface area (Å²) < 4.78 is 27.7. The molecule has 8 rings (SSSR count). The van der Waals surface area contributed by atoms with E-state index in [1.54, 1.807) is 17.0 Å². The van der Waals surface area contributed by atoms with Crippen molar-refractivity contribution in [1.29, 1.82) is 0 Å². The van der Waals surface area contributed by atoms with E-state index in [1.807, 2.05) is 12.1 Å². The van der Waals surface area contributed by atoms with E-state index >= 15 is 0 Å². The molecule has 4 aromatic rings. The molecule has 2 saturated heterocycles. The lowest BCUT2D eigenvalue weighted by Crippen LogP contribution is -2.41. The Kier molecular flexibility index (Phi) is 7.26. The summed E-state index contributed by atoms with van der Waals surface area (Å²) in [5.41, 5.74) is 3.25. The van der Waals surface area contributed by atoms with Gasteiger partial charge in [-0.15, -0.1) is 0 Å². The maximum absolute atomic E-state index is 12.7. The number of urea groups is 1. The Balaban J connectivity index is 1.08. The zero-order valence-corrected chi connectivity index (χ0v) is 24.9. The minimum absolute atomic E-state index is 0.00811. The summed E-state index contributed by atoms with van der Waals surface area (Å²) in [6, 6.07) is 11.1. The Morgan fingerprint density at radius 3 is 2.70 bits per heavy atom. The number of hydrogen-bond donors (Lipinski definition) is 3. The number of hydrogen-bond acceptors (Lipinski definition) is 10. The van der Waals surface area contributed by atoms with Gasteiger partial charge in [-0.05, 0) is 42.5 Å². The molecule has 0 radical (unpaired) electrons. The van der Waals surface area contributed by atoms with Crippen LogP contribution in [0.25, 0.3) is 11.2 Å². The Hall–Kier alpha value is -4.66. The molecule has 2 amide bonds. The summed E-state index contributed by atoms with van der Waals surface area (Å²) in [7, 11) is 0. The average molecular weight is 628 g/mol. The number of pyridine rings is 1. The molecular formula is C32H33N7O7. The van der Waals surface area contributed by atoms with Crippen molar-refractivity contribution in [3.8, 4) is 5.88 Å². The van der Waals surface area contributed by atoms with Gasteiger partial charge in [0.15, 0.2) is 29.0 Å². The molecule has 0 bridgehead atoms. The van der Waals surface area contributed by atoms with Gasteiger partial charge in [0.1, 0.15) is 36.8 Å². The Morgan fingerprint density at radius 2 is 1.85 bits per heavy atom. The Morgan fingerprint density at radius 1 is 1.02 bits per heavy atom. The number of carbonyl (C=O) groups excluding carboxylic acids is 1. The summed E-state index contributed by atoms with van der Waals surface area (Å²) in [6.45, 7) is -0.0270. The molecule has 3 N–H and O–H groups in total. The molecule has 5 atom stereocenters. The lowest BCUT2D eigenvalue weighted by Gasteiger charge is -2.35. The van der Waals surface area contributed by atoms with E-state index in [9.17, 15) is 14.7 Å². The van der Waals surface area contributed by atoms with Gasteiger partial charge in [-0.25, -0.2) is 29.5 Å². The third-order valence-corrected chi connectivity index (χ3v) is 9.28. The summed E-state index contributed by atoms with van der Waals surface area (Å²) in [5.74, 6) is -1.73. The number of carbonyl (C=O) groups is 2. The summed E-state index contributed by atoms with van der Waals surface area (Å²) in [6.07, 6.45) is 8.17. The molecule has 1 spiro atoms. The standard InChI is InChI=1S/C32H33N7O7/c40-30(41)21-10-5-13-33-28(21)43-15-22-24-25(46-32(45-24)12-11-18-6-1-2-7-19(18)14-32)29(44-22)39-17-36-23-26(34-16-35-27(23)39)38-31(42)37-20-8-3-4-9-20/h1-2,5-7,10,13,16-17,20,22,24-25,29H,3-4,8-9,11-12,14-15H2,(H,40,41)(H2,34,35,37,38,42). The number of aromatic nitrogens is 5. The van der Waals surface area contributed by atoms with Crippen molar-refractivity contribution >= 4 is 29.0 Å². The summed E-state index contributed by atoms with van der Waals surface area (Å²) in [4.78, 5) is 42.0. The van der Waals surface area contributed by atoms with Crippen LogP contribution in [0.3, 0.4) is 0 Å². The first-order chi connectivity index (χ1) is 22.5. The molecule has 14 heteroatoms. The van der Waals surface area contributed by atoms with Crippen molar-refractivity contribution < 1.29 is 33.6 Å². The lowest BCUT2D eigenvalue weighted by atomic mass is 9.87. The van der Waals surface area contributed by atoms with Gasteiger partial charge < -0.3 is 29.4 Å². The zero-order valence-electron chi connectivity index (χ0n) is 24.9. The second-order valence-corrected chi connectivity index (χ2v) is 12.2. The van der Waals surface area contributed by atoms with Crippen LogP contribution >= 0.6 is 0 Å². The van der Waals surface area contributed by atoms with Crippen molar-refractivity contribution in [2.45, 2.75) is 81.3 Å². The number of benzene rings is 1. The van der Waals surface area contributed by atoms with Crippen LogP contribution in [0.15, 0.2) is 55.2 Å². The van der Waals surface area contributed by atoms with Gasteiger partial charge in [-0.2, -0.15) is 0 Å². The predicted octanol–water partition coefficient (Wildman–Crippen LogP) is 3.63. The van der Waals surface area contributed by atoms with E-state index in [0.717, 1.165) is 32.1 Å². The molecule has 2 aliphatic heterocycles. The van der Waals surface area contributed by atoms with Crippen molar-refractivity contribution in [2.75, 3.05) is 11.9 Å². The van der Waals surface area contributed by atoms with Crippen LogP contribution in [0.1, 0.15) is 59.8 Å². The highest BCUT2D eigenvalue weighted by molar-refractivity contribution is 5.96. The third kappa shape index (κ3) is 5.21. The molecule has 2 aliphatic carbocycles. The van der Waals surface area contributed by atoms with Crippen LogP contribution in [0.4, 0.5) is 10.6 Å². The average Bonchev–Trinajstić information content (AvgIpc) is 3.85. The Labute approximate surface area is 263 Å². The van der Waals surface area contributed by atoms with Crippen molar-refractivity contribution in [2.24, 2.45) is 0 Å². The fourth-order valence-electron chi connectivity index (χ4n) is 7.09. The highest BCUT2D eigenvalue weighted by Gasteiger charge is 2.59. The molecule has 3 fully saturated rings. The number of nitrogens with one attached hydrogen (secondary N) is 2. The summed E-state index contributed by atoms with van der Waals surface area (Å²) in [5, 5.41) is 15.5. The third-order valence-electron chi connectivity index (χ3n) is 9.28. The molecule has 5 heterocycles. The number of anilines is 1. The highest BCUT2D eigenvalue weighted by atomic mass is 16.8. The van der Waals surface area contributed by atoms with Gasteiger partial charge in [-0.1, -0.05) is 37.1 Å². The summed E-state index contributed by atoms with van der Waals surface area (Å²) >= 11 is 0. The van der Waals surface area contributed by atoms with Gasteiger partial charge >= 0.3 is 12.0 Å². The molecule has 1 aromatic carbocycles. The number of carboxylic acids is 1. The molecule has 46 heavy (non-hydrogen) atoms. The van der Waals surface area contributed by atoms with Crippen LogP contribution in [-0.2, 0) is 27.1 Å². The number of ether oxygens (including phenoxy) is 4. The van der Waals surface area contributed by atoms with Gasteiger partial charge in [0.25, 0.3) is 0 Å². The number of aryl methyl sites for hydroxylation is 1. The molecule has 1 saturated carbocycles. The number of fused-ring (bicyclic) bond motifs is 3. The maximum Gasteiger partial charge on any atom is 0.341 e. The van der Waals surface area contributed by atoms with Crippen LogP contribution < -0.4 is 15.4 Å². The molecule has 3 aromatic heterocycles. The molecule has 5 unspecified atom stereocenters. The second kappa shape index (κ2) is 11.6. The van der Waals surface area contributed by atoms with E-state index in [2.05, 4.69) is 42.7 Å². The fourth-order valence-corrected chi connectivity index (χ4v) is 7.09. The van der Waals surface area contributed by atoms with Crippen molar-refractivity contribution in [1.82, 2.24) is 29.8 Å². The smallest absolute Gasteiger partial charge is 0.341 e. The first kappa shape index (κ1) is 28.8. The van der Waals surface area contributed by atoms with Crippen LogP contribution in [0.5, 0.6) is 5.88 Å². The minimum atomic E-state index is -1.14. The second-order valence-electron chi connectivity index (χ2n) is 12.2. The number of rotatable bonds is 7. The van der Waals surface area contributed by atoms with E-state index in [-0.39, 0.29) is 35.9 Å². The number of aromatic carboxylic acids is 1. The van der Waals surface area contributed by atoms with Gasteiger partial charge in [0.05, 0.1) is 6.33 Å². The highest BCUT2D eigenvalue weighted by Crippen LogP contribution is 2.48. The SMILES string of the molecule is O=C(Nc1ncnc2c1ncn2C1OC(COc2ncccc2C(=O)O)C2OC3(CCc4ccccc4C3)OC21)NC1CCCC1. The van der Waals surface area contributed by atoms with Crippen LogP contribution in [-0.4, -0.2) is 78.4 Å². The first-order valence-electron chi connectivity index (χ1n) is 15.6. The molecule has 4 aliphatic rings. The van der Waals surface area contributed by atoms with Crippen LogP contribution in [0.2, 0.25) is 0 Å². The topological polar surface area (TPSA) is 172 Å². The number of carboxylic acid groups (broad SMARTS) is 1. The lowest BCUT2D eigenvalue weighted by molar-refractivity contribution is -0.223. The van der Waals surface area contributed by atoms with Crippen molar-refractivity contribution in [3.05, 3.63) is 71.9 Å². The van der Waals surface area contributed by atoms with Gasteiger partial charge in [0.2, 0.25) is 5.88 Å². The predicted molar refractivity (Wildman–Crippen MR) is 161 cm³/mol. The fraction of sp³-hybridized carbons (Fsp3) is 0.438. The van der Waals surface area contributed by atoms with Crippen molar-refractivity contribution in [3.63, 3.8) is 0 Å². The minimum Gasteiger partial charge on any atom is -0.477 e. The molecule has 238 valence electrons. The van der Waals surface area contributed by atoms with E-state index in [0.29, 0.717) is 24.0 Å². The maximum atomic E-state index is 12.7. The number of amides is 2. The van der Waals surface area contributed by atoms with Crippen LogP contribution in [0, 0.1) is 0 Å². The number of imidazole rings is 1. The van der Waals surface area contributed by atoms with E-state index in [4.69, 9.17) is 18.9 Å². The Bertz CT molecular complexity index is 1790. The zero-order chi connectivity index (χ0) is 31.3. The van der Waals surface area contributed by atoms with Gasteiger partial charge in [-0.3, -0.25) is 9.88 Å². The largest absolute Gasteiger partial charge is 0.477 e. The van der Waals surface area contributed by atoms with Gasteiger partial charge in [0, 0.05) is 25.1 Å². The normalized spacial score (nSPS) is 27.0. The number of nitrogens with zero attached hydrogens (tertiary/aromatic N) is 5. The monoisotopic (exact) mass is 627 g/mol. The molecule has 14 nitrogen and oxygen atoms in total.